The maximum atomic E-state index is 11.6. The van der Waals surface area contributed by atoms with Gasteiger partial charge in [0.05, 0.1) is 0 Å². The summed E-state index contributed by atoms with van der Waals surface area (Å²) in [5.41, 5.74) is 7.96. The largest absolute Gasteiger partial charge is 0.370 e. The average Bonchev–Trinajstić information content (AvgIpc) is 2.39. The first kappa shape index (κ1) is 13.4. The van der Waals surface area contributed by atoms with Gasteiger partial charge in [0, 0.05) is 28.7 Å². The van der Waals surface area contributed by atoms with E-state index in [0.717, 1.165) is 16.8 Å². The van der Waals surface area contributed by atoms with Gasteiger partial charge in [0.25, 0.3) is 0 Å². The van der Waals surface area contributed by atoms with Gasteiger partial charge in [-0.3, -0.25) is 9.78 Å². The first-order valence-corrected chi connectivity index (χ1v) is 6.17. The van der Waals surface area contributed by atoms with E-state index >= 15 is 0 Å². The van der Waals surface area contributed by atoms with Gasteiger partial charge in [-0.05, 0) is 42.8 Å². The molecule has 1 aromatic heterocycles. The predicted octanol–water partition coefficient (Wildman–Crippen LogP) is 2.68. The molecule has 3 N–H and O–H groups in total. The number of pyridine rings is 1. The Morgan fingerprint density at radius 3 is 2.58 bits per heavy atom. The van der Waals surface area contributed by atoms with E-state index in [9.17, 15) is 4.79 Å². The predicted molar refractivity (Wildman–Crippen MR) is 76.0 cm³/mol. The molecule has 98 valence electrons. The lowest BCUT2D eigenvalue weighted by Crippen LogP contribution is -2.28. The standard InChI is InChI=1S/C14H14ClN3O/c1-9-6-7-17-8-12(9)13(14(16)19)18-11-4-2-10(15)3-5-11/h2-8,13,18H,1H3,(H2,16,19). The van der Waals surface area contributed by atoms with Crippen molar-refractivity contribution >= 4 is 23.2 Å². The number of nitrogens with one attached hydrogen (secondary N) is 1. The Balaban J connectivity index is 2.29. The summed E-state index contributed by atoms with van der Waals surface area (Å²) < 4.78 is 0. The number of anilines is 1. The van der Waals surface area contributed by atoms with Crippen LogP contribution < -0.4 is 11.1 Å². The fourth-order valence-electron chi connectivity index (χ4n) is 1.79. The van der Waals surface area contributed by atoms with Gasteiger partial charge in [-0.1, -0.05) is 11.6 Å². The molecule has 2 aromatic rings. The number of aryl methyl sites for hydroxylation is 1. The number of amides is 1. The summed E-state index contributed by atoms with van der Waals surface area (Å²) in [5, 5.41) is 3.73. The van der Waals surface area contributed by atoms with Crippen molar-refractivity contribution in [1.82, 2.24) is 4.98 Å². The quantitative estimate of drug-likeness (QED) is 0.901. The highest BCUT2D eigenvalue weighted by atomic mass is 35.5. The third-order valence-corrected chi connectivity index (χ3v) is 3.08. The number of aromatic nitrogens is 1. The second-order valence-corrected chi connectivity index (χ2v) is 4.66. The molecule has 0 saturated heterocycles. The number of hydrogen-bond donors (Lipinski definition) is 2. The zero-order valence-electron chi connectivity index (χ0n) is 10.4. The van der Waals surface area contributed by atoms with Crippen LogP contribution in [0.3, 0.4) is 0 Å². The number of hydrogen-bond acceptors (Lipinski definition) is 3. The van der Waals surface area contributed by atoms with Gasteiger partial charge in [-0.2, -0.15) is 0 Å². The minimum absolute atomic E-state index is 0.453. The van der Waals surface area contributed by atoms with Crippen LogP contribution in [0.5, 0.6) is 0 Å². The lowest BCUT2D eigenvalue weighted by atomic mass is 10.0. The molecule has 0 aliphatic rings. The molecule has 0 fully saturated rings. The van der Waals surface area contributed by atoms with Gasteiger partial charge in [0.1, 0.15) is 6.04 Å². The third-order valence-electron chi connectivity index (χ3n) is 2.83. The summed E-state index contributed by atoms with van der Waals surface area (Å²) in [6, 6.07) is 8.31. The topological polar surface area (TPSA) is 68.0 Å². The van der Waals surface area contributed by atoms with E-state index in [1.807, 2.05) is 13.0 Å². The third kappa shape index (κ3) is 3.23. The van der Waals surface area contributed by atoms with Gasteiger partial charge < -0.3 is 11.1 Å². The number of primary amides is 1. The molecule has 1 atom stereocenters. The highest BCUT2D eigenvalue weighted by Crippen LogP contribution is 2.22. The zero-order valence-corrected chi connectivity index (χ0v) is 11.2. The van der Waals surface area contributed by atoms with Gasteiger partial charge >= 0.3 is 0 Å². The number of nitrogens with zero attached hydrogens (tertiary/aromatic N) is 1. The smallest absolute Gasteiger partial charge is 0.244 e. The molecule has 19 heavy (non-hydrogen) atoms. The van der Waals surface area contributed by atoms with Gasteiger partial charge in [0.15, 0.2) is 0 Å². The van der Waals surface area contributed by atoms with E-state index in [1.54, 1.807) is 36.7 Å². The summed E-state index contributed by atoms with van der Waals surface area (Å²) in [5.74, 6) is -0.453. The SMILES string of the molecule is Cc1ccncc1C(Nc1ccc(Cl)cc1)C(N)=O. The van der Waals surface area contributed by atoms with Crippen LogP contribution >= 0.6 is 11.6 Å². The highest BCUT2D eigenvalue weighted by Gasteiger charge is 2.19. The lowest BCUT2D eigenvalue weighted by molar-refractivity contribution is -0.118. The Morgan fingerprint density at radius 2 is 2.00 bits per heavy atom. The van der Waals surface area contributed by atoms with Crippen molar-refractivity contribution in [2.75, 3.05) is 5.32 Å². The number of benzene rings is 1. The van der Waals surface area contributed by atoms with Crippen LogP contribution in [0.15, 0.2) is 42.7 Å². The van der Waals surface area contributed by atoms with Crippen LogP contribution in [0.25, 0.3) is 0 Å². The number of carbonyl (C=O) groups is 1. The van der Waals surface area contributed by atoms with E-state index in [0.29, 0.717) is 5.02 Å². The normalized spacial score (nSPS) is 11.9. The van der Waals surface area contributed by atoms with Crippen LogP contribution in [0.4, 0.5) is 5.69 Å². The number of rotatable bonds is 4. The molecule has 0 radical (unpaired) electrons. The van der Waals surface area contributed by atoms with Crippen LogP contribution in [0.2, 0.25) is 5.02 Å². The number of nitrogens with two attached hydrogens (primary N) is 1. The summed E-state index contributed by atoms with van der Waals surface area (Å²) >= 11 is 5.82. The van der Waals surface area contributed by atoms with E-state index in [1.165, 1.54) is 0 Å². The highest BCUT2D eigenvalue weighted by molar-refractivity contribution is 6.30. The maximum absolute atomic E-state index is 11.6. The Kier molecular flexibility index (Phi) is 4.02. The van der Waals surface area contributed by atoms with Gasteiger partial charge in [0.2, 0.25) is 5.91 Å². The van der Waals surface area contributed by atoms with Gasteiger partial charge in [-0.15, -0.1) is 0 Å². The Morgan fingerprint density at radius 1 is 1.32 bits per heavy atom. The molecule has 0 aliphatic heterocycles. The van der Waals surface area contributed by atoms with E-state index in [4.69, 9.17) is 17.3 Å². The molecule has 1 heterocycles. The summed E-state index contributed by atoms with van der Waals surface area (Å²) in [6.07, 6.45) is 3.33. The van der Waals surface area contributed by atoms with Crippen LogP contribution in [0.1, 0.15) is 17.2 Å². The molecule has 0 aliphatic carbocycles. The molecule has 1 amide bonds. The second kappa shape index (κ2) is 5.71. The van der Waals surface area contributed by atoms with E-state index in [2.05, 4.69) is 10.3 Å². The lowest BCUT2D eigenvalue weighted by Gasteiger charge is -2.18. The molecular formula is C14H14ClN3O. The van der Waals surface area contributed by atoms with Crippen LogP contribution in [-0.4, -0.2) is 10.9 Å². The van der Waals surface area contributed by atoms with Crippen molar-refractivity contribution in [3.05, 3.63) is 58.9 Å². The molecule has 1 aromatic carbocycles. The number of carbonyl (C=O) groups excluding carboxylic acids is 1. The fraction of sp³-hybridized carbons (Fsp3) is 0.143. The fourth-order valence-corrected chi connectivity index (χ4v) is 1.92. The van der Waals surface area contributed by atoms with E-state index in [-0.39, 0.29) is 0 Å². The Bertz CT molecular complexity index is 583. The summed E-state index contributed by atoms with van der Waals surface area (Å²) in [6.45, 7) is 1.91. The molecule has 0 spiro atoms. The molecule has 0 saturated carbocycles. The van der Waals surface area contributed by atoms with Crippen molar-refractivity contribution in [1.29, 1.82) is 0 Å². The van der Waals surface area contributed by atoms with Crippen molar-refractivity contribution in [2.24, 2.45) is 5.73 Å². The maximum Gasteiger partial charge on any atom is 0.244 e. The van der Waals surface area contributed by atoms with Crippen molar-refractivity contribution < 1.29 is 4.79 Å². The van der Waals surface area contributed by atoms with Crippen LogP contribution in [0, 0.1) is 6.92 Å². The minimum Gasteiger partial charge on any atom is -0.370 e. The first-order valence-electron chi connectivity index (χ1n) is 5.80. The van der Waals surface area contributed by atoms with Crippen LogP contribution in [-0.2, 0) is 4.79 Å². The zero-order chi connectivity index (χ0) is 13.8. The van der Waals surface area contributed by atoms with Crippen molar-refractivity contribution in [2.45, 2.75) is 13.0 Å². The van der Waals surface area contributed by atoms with E-state index < -0.39 is 11.9 Å². The summed E-state index contributed by atoms with van der Waals surface area (Å²) in [7, 11) is 0. The second-order valence-electron chi connectivity index (χ2n) is 4.22. The molecular weight excluding hydrogens is 262 g/mol. The molecule has 4 nitrogen and oxygen atoms in total. The van der Waals surface area contributed by atoms with Crippen molar-refractivity contribution in [3.8, 4) is 0 Å². The Labute approximate surface area is 116 Å². The van der Waals surface area contributed by atoms with Crippen molar-refractivity contribution in [3.63, 3.8) is 0 Å². The summed E-state index contributed by atoms with van der Waals surface area (Å²) in [4.78, 5) is 15.7. The molecule has 5 heteroatoms. The molecule has 2 rings (SSSR count). The number of halogens is 1. The first-order chi connectivity index (χ1) is 9.08. The minimum atomic E-state index is -0.616. The average molecular weight is 276 g/mol. The Hall–Kier alpha value is -2.07. The molecule has 0 bridgehead atoms. The molecule has 1 unspecified atom stereocenters. The monoisotopic (exact) mass is 275 g/mol. The van der Waals surface area contributed by atoms with Gasteiger partial charge in [-0.25, -0.2) is 0 Å².